The predicted octanol–water partition coefficient (Wildman–Crippen LogP) is 4.76. The van der Waals surface area contributed by atoms with E-state index >= 15 is 0 Å². The third kappa shape index (κ3) is 2.98. The monoisotopic (exact) mass is 303 g/mol. The van der Waals surface area contributed by atoms with E-state index < -0.39 is 0 Å². The fourth-order valence-electron chi connectivity index (χ4n) is 2.21. The summed E-state index contributed by atoms with van der Waals surface area (Å²) < 4.78 is 11.4. The van der Waals surface area contributed by atoms with Gasteiger partial charge in [0.2, 0.25) is 5.88 Å². The van der Waals surface area contributed by atoms with Gasteiger partial charge in [-0.3, -0.25) is 0 Å². The first-order chi connectivity index (χ1) is 11.4. The Kier molecular flexibility index (Phi) is 3.37. The molecule has 0 aliphatic rings. The van der Waals surface area contributed by atoms with Gasteiger partial charge < -0.3 is 14.5 Å². The molecule has 0 spiro atoms. The number of rotatable bonds is 4. The highest BCUT2D eigenvalue weighted by Gasteiger charge is 2.06. The average molecular weight is 303 g/mol. The zero-order valence-electron chi connectivity index (χ0n) is 12.1. The molecule has 5 nitrogen and oxygen atoms in total. The van der Waals surface area contributed by atoms with Crippen molar-refractivity contribution in [3.05, 3.63) is 72.9 Å². The van der Waals surface area contributed by atoms with Crippen molar-refractivity contribution in [3.8, 4) is 11.6 Å². The quantitative estimate of drug-likeness (QED) is 0.589. The Labute approximate surface area is 132 Å². The van der Waals surface area contributed by atoms with Crippen molar-refractivity contribution in [2.45, 2.75) is 0 Å². The number of aromatic nitrogens is 2. The van der Waals surface area contributed by atoms with Gasteiger partial charge in [0.15, 0.2) is 5.58 Å². The number of pyridine rings is 1. The van der Waals surface area contributed by atoms with E-state index in [1.54, 1.807) is 12.3 Å². The average Bonchev–Trinajstić information content (AvgIpc) is 2.98. The molecule has 0 amide bonds. The largest absolute Gasteiger partial charge is 0.439 e. The molecule has 4 aromatic rings. The topological polar surface area (TPSA) is 60.2 Å². The lowest BCUT2D eigenvalue weighted by Crippen LogP contribution is -1.92. The molecule has 112 valence electrons. The highest BCUT2D eigenvalue weighted by Crippen LogP contribution is 2.26. The van der Waals surface area contributed by atoms with Crippen LogP contribution in [0.2, 0.25) is 0 Å². The summed E-state index contributed by atoms with van der Waals surface area (Å²) in [5, 5.41) is 3.14. The van der Waals surface area contributed by atoms with Crippen molar-refractivity contribution in [2.75, 3.05) is 5.32 Å². The molecule has 0 saturated carbocycles. The number of hydrogen-bond donors (Lipinski definition) is 1. The SMILES string of the molecule is c1ccc(Oc2cccc(Nc3nc4ccccc4o3)c2)nc1. The predicted molar refractivity (Wildman–Crippen MR) is 88.0 cm³/mol. The lowest BCUT2D eigenvalue weighted by Gasteiger charge is -2.06. The summed E-state index contributed by atoms with van der Waals surface area (Å²) in [7, 11) is 0. The maximum atomic E-state index is 5.71. The minimum absolute atomic E-state index is 0.446. The van der Waals surface area contributed by atoms with Gasteiger partial charge >= 0.3 is 0 Å². The van der Waals surface area contributed by atoms with E-state index in [9.17, 15) is 0 Å². The molecule has 0 bridgehead atoms. The number of benzene rings is 2. The minimum atomic E-state index is 0.446. The van der Waals surface area contributed by atoms with Crippen molar-refractivity contribution in [1.82, 2.24) is 9.97 Å². The summed E-state index contributed by atoms with van der Waals surface area (Å²) in [6.45, 7) is 0. The Morgan fingerprint density at radius 3 is 2.70 bits per heavy atom. The highest BCUT2D eigenvalue weighted by atomic mass is 16.5. The lowest BCUT2D eigenvalue weighted by molar-refractivity contribution is 0.463. The Morgan fingerprint density at radius 2 is 1.83 bits per heavy atom. The van der Waals surface area contributed by atoms with Crippen LogP contribution >= 0.6 is 0 Å². The van der Waals surface area contributed by atoms with Crippen molar-refractivity contribution in [1.29, 1.82) is 0 Å². The van der Waals surface area contributed by atoms with Crippen LogP contribution in [0.4, 0.5) is 11.7 Å². The van der Waals surface area contributed by atoms with Gasteiger partial charge in [-0.25, -0.2) is 4.98 Å². The smallest absolute Gasteiger partial charge is 0.300 e. The van der Waals surface area contributed by atoms with Crippen LogP contribution in [0.5, 0.6) is 11.6 Å². The molecule has 5 heteroatoms. The van der Waals surface area contributed by atoms with Crippen molar-refractivity contribution < 1.29 is 9.15 Å². The fourth-order valence-corrected chi connectivity index (χ4v) is 2.21. The standard InChI is InChI=1S/C18H13N3O2/c1-2-9-16-15(8-1)21-18(23-16)20-13-6-5-7-14(12-13)22-17-10-3-4-11-19-17/h1-12H,(H,20,21). The summed E-state index contributed by atoms with van der Waals surface area (Å²) in [5.74, 6) is 1.23. The van der Waals surface area contributed by atoms with Crippen LogP contribution in [0, 0.1) is 0 Å². The summed E-state index contributed by atoms with van der Waals surface area (Å²) >= 11 is 0. The number of nitrogens with one attached hydrogen (secondary N) is 1. The van der Waals surface area contributed by atoms with E-state index in [0.29, 0.717) is 17.6 Å². The minimum Gasteiger partial charge on any atom is -0.439 e. The summed E-state index contributed by atoms with van der Waals surface area (Å²) in [4.78, 5) is 8.53. The van der Waals surface area contributed by atoms with Crippen LogP contribution in [-0.4, -0.2) is 9.97 Å². The van der Waals surface area contributed by atoms with Gasteiger partial charge in [-0.05, 0) is 30.3 Å². The lowest BCUT2D eigenvalue weighted by atomic mass is 10.3. The molecule has 0 atom stereocenters. The van der Waals surface area contributed by atoms with Gasteiger partial charge in [-0.2, -0.15) is 4.98 Å². The second-order valence-electron chi connectivity index (χ2n) is 4.91. The number of nitrogens with zero attached hydrogens (tertiary/aromatic N) is 2. The molecule has 0 fully saturated rings. The number of para-hydroxylation sites is 2. The Bertz CT molecular complexity index is 902. The first-order valence-corrected chi connectivity index (χ1v) is 7.18. The van der Waals surface area contributed by atoms with E-state index in [1.807, 2.05) is 60.7 Å². The van der Waals surface area contributed by atoms with Gasteiger partial charge in [0.25, 0.3) is 6.01 Å². The second kappa shape index (κ2) is 5.81. The molecule has 0 aliphatic carbocycles. The van der Waals surface area contributed by atoms with Gasteiger partial charge in [0, 0.05) is 24.0 Å². The van der Waals surface area contributed by atoms with Crippen LogP contribution < -0.4 is 10.1 Å². The van der Waals surface area contributed by atoms with Crippen LogP contribution in [0.3, 0.4) is 0 Å². The molecule has 0 radical (unpaired) electrons. The van der Waals surface area contributed by atoms with E-state index in [2.05, 4.69) is 15.3 Å². The molecular weight excluding hydrogens is 290 g/mol. The second-order valence-corrected chi connectivity index (χ2v) is 4.91. The number of hydrogen-bond acceptors (Lipinski definition) is 5. The van der Waals surface area contributed by atoms with Crippen molar-refractivity contribution in [3.63, 3.8) is 0 Å². The highest BCUT2D eigenvalue weighted by molar-refractivity contribution is 5.75. The third-order valence-electron chi connectivity index (χ3n) is 3.24. The molecule has 0 aliphatic heterocycles. The number of ether oxygens (including phenoxy) is 1. The molecule has 1 N–H and O–H groups in total. The molecule has 2 aromatic carbocycles. The first kappa shape index (κ1) is 13.3. The zero-order chi connectivity index (χ0) is 15.5. The van der Waals surface area contributed by atoms with Crippen LogP contribution in [0.15, 0.2) is 77.3 Å². The summed E-state index contributed by atoms with van der Waals surface area (Å²) in [5.41, 5.74) is 2.39. The molecule has 2 heterocycles. The van der Waals surface area contributed by atoms with Crippen molar-refractivity contribution >= 4 is 22.8 Å². The van der Waals surface area contributed by atoms with Crippen LogP contribution in [0.25, 0.3) is 11.1 Å². The Balaban J connectivity index is 1.56. The van der Waals surface area contributed by atoms with Gasteiger partial charge in [0.05, 0.1) is 0 Å². The summed E-state index contributed by atoms with van der Waals surface area (Å²) in [6, 6.07) is 21.1. The van der Waals surface area contributed by atoms with Crippen LogP contribution in [0.1, 0.15) is 0 Å². The maximum absolute atomic E-state index is 5.71. The molecule has 0 unspecified atom stereocenters. The molecule has 0 saturated heterocycles. The zero-order valence-corrected chi connectivity index (χ0v) is 12.1. The molecule has 23 heavy (non-hydrogen) atoms. The number of fused-ring (bicyclic) bond motifs is 1. The van der Waals surface area contributed by atoms with E-state index in [1.165, 1.54) is 0 Å². The van der Waals surface area contributed by atoms with Gasteiger partial charge in [0.1, 0.15) is 11.3 Å². The normalized spacial score (nSPS) is 10.6. The molecular formula is C18H13N3O2. The Hall–Kier alpha value is -3.34. The molecule has 2 aromatic heterocycles. The number of anilines is 2. The first-order valence-electron chi connectivity index (χ1n) is 7.18. The van der Waals surface area contributed by atoms with Crippen molar-refractivity contribution in [2.24, 2.45) is 0 Å². The molecule has 4 rings (SSSR count). The van der Waals surface area contributed by atoms with Gasteiger partial charge in [-0.1, -0.05) is 24.3 Å². The van der Waals surface area contributed by atoms with Crippen LogP contribution in [-0.2, 0) is 0 Å². The maximum Gasteiger partial charge on any atom is 0.300 e. The van der Waals surface area contributed by atoms with E-state index in [4.69, 9.17) is 9.15 Å². The van der Waals surface area contributed by atoms with E-state index in [-0.39, 0.29) is 0 Å². The van der Waals surface area contributed by atoms with E-state index in [0.717, 1.165) is 16.8 Å². The Morgan fingerprint density at radius 1 is 0.913 bits per heavy atom. The fraction of sp³-hybridized carbons (Fsp3) is 0. The summed E-state index contributed by atoms with van der Waals surface area (Å²) in [6.07, 6.45) is 1.69. The number of oxazole rings is 1. The van der Waals surface area contributed by atoms with Gasteiger partial charge in [-0.15, -0.1) is 0 Å². The third-order valence-corrected chi connectivity index (χ3v) is 3.24.